The number of piperidine rings is 1. The van der Waals surface area contributed by atoms with Gasteiger partial charge in [-0.1, -0.05) is 6.92 Å². The summed E-state index contributed by atoms with van der Waals surface area (Å²) in [6.07, 6.45) is 6.45. The van der Waals surface area contributed by atoms with Crippen molar-refractivity contribution in [2.24, 2.45) is 0 Å². The van der Waals surface area contributed by atoms with E-state index in [1.807, 2.05) is 17.0 Å². The third kappa shape index (κ3) is 4.93. The van der Waals surface area contributed by atoms with E-state index in [1.54, 1.807) is 12.4 Å². The monoisotopic (exact) mass is 319 g/mol. The lowest BCUT2D eigenvalue weighted by molar-refractivity contribution is 0.0642. The van der Waals surface area contributed by atoms with Crippen LogP contribution in [-0.4, -0.2) is 41.5 Å². The molecule has 114 valence electrons. The topological polar surface area (TPSA) is 45.2 Å². The van der Waals surface area contributed by atoms with Gasteiger partial charge in [-0.25, -0.2) is 0 Å². The van der Waals surface area contributed by atoms with Gasteiger partial charge >= 0.3 is 0 Å². The molecule has 6 heteroatoms. The molecular weight excluding hydrogens is 297 g/mol. The number of halogens is 2. The lowest BCUT2D eigenvalue weighted by Gasteiger charge is -2.34. The first-order valence-corrected chi connectivity index (χ1v) is 6.74. The molecule has 1 aromatic heterocycles. The number of rotatable bonds is 4. The highest BCUT2D eigenvalue weighted by Crippen LogP contribution is 2.15. The summed E-state index contributed by atoms with van der Waals surface area (Å²) in [6, 6.07) is 4.04. The van der Waals surface area contributed by atoms with Crippen LogP contribution in [0.3, 0.4) is 0 Å². The molecule has 0 atom stereocenters. The van der Waals surface area contributed by atoms with E-state index in [9.17, 15) is 4.79 Å². The predicted octanol–water partition coefficient (Wildman–Crippen LogP) is 2.53. The van der Waals surface area contributed by atoms with Crippen molar-refractivity contribution in [3.05, 3.63) is 30.1 Å². The Kier molecular flexibility index (Phi) is 9.55. The predicted molar refractivity (Wildman–Crippen MR) is 86.0 cm³/mol. The third-order valence-corrected chi connectivity index (χ3v) is 3.38. The summed E-state index contributed by atoms with van der Waals surface area (Å²) in [5.41, 5.74) is 0.699. The molecule has 1 amide bonds. The fourth-order valence-corrected chi connectivity index (χ4v) is 2.46. The highest BCUT2D eigenvalue weighted by molar-refractivity contribution is 5.94. The van der Waals surface area contributed by atoms with Gasteiger partial charge in [0.25, 0.3) is 5.91 Å². The maximum Gasteiger partial charge on any atom is 0.255 e. The Morgan fingerprint density at radius 2 is 2.10 bits per heavy atom. The Labute approximate surface area is 133 Å². The van der Waals surface area contributed by atoms with E-state index in [0.29, 0.717) is 11.6 Å². The second kappa shape index (κ2) is 9.97. The minimum absolute atomic E-state index is 0. The maximum atomic E-state index is 12.5. The van der Waals surface area contributed by atoms with Gasteiger partial charge in [0, 0.05) is 25.0 Å². The van der Waals surface area contributed by atoms with Crippen LogP contribution in [0.4, 0.5) is 0 Å². The molecule has 1 fully saturated rings. The van der Waals surface area contributed by atoms with E-state index in [4.69, 9.17) is 0 Å². The van der Waals surface area contributed by atoms with Gasteiger partial charge in [0.1, 0.15) is 0 Å². The molecule has 0 radical (unpaired) electrons. The van der Waals surface area contributed by atoms with Gasteiger partial charge in [0.15, 0.2) is 0 Å². The zero-order valence-electron chi connectivity index (χ0n) is 11.7. The minimum Gasteiger partial charge on any atom is -0.336 e. The highest BCUT2D eigenvalue weighted by atomic mass is 35.5. The Morgan fingerprint density at radius 1 is 1.40 bits per heavy atom. The first-order valence-electron chi connectivity index (χ1n) is 6.74. The van der Waals surface area contributed by atoms with Crippen molar-refractivity contribution in [2.45, 2.75) is 32.2 Å². The number of aromatic nitrogens is 1. The Balaban J connectivity index is 0.00000180. The number of hydrogen-bond acceptors (Lipinski definition) is 3. The van der Waals surface area contributed by atoms with Crippen LogP contribution in [0.2, 0.25) is 0 Å². The summed E-state index contributed by atoms with van der Waals surface area (Å²) in [5.74, 6) is 0.122. The Bertz CT molecular complexity index is 383. The van der Waals surface area contributed by atoms with Crippen molar-refractivity contribution in [3.63, 3.8) is 0 Å². The van der Waals surface area contributed by atoms with Crippen LogP contribution in [0.25, 0.3) is 0 Å². The molecular formula is C14H23Cl2N3O. The first kappa shape index (κ1) is 19.2. The Hall–Kier alpha value is -0.840. The molecule has 0 saturated carbocycles. The second-order valence-electron chi connectivity index (χ2n) is 4.72. The summed E-state index contributed by atoms with van der Waals surface area (Å²) in [7, 11) is 0. The number of carbonyl (C=O) groups is 1. The van der Waals surface area contributed by atoms with E-state index in [2.05, 4.69) is 17.2 Å². The molecule has 2 heterocycles. The fraction of sp³-hybridized carbons (Fsp3) is 0.571. The van der Waals surface area contributed by atoms with Gasteiger partial charge in [0.2, 0.25) is 0 Å². The van der Waals surface area contributed by atoms with Gasteiger partial charge in [-0.3, -0.25) is 9.78 Å². The molecule has 20 heavy (non-hydrogen) atoms. The van der Waals surface area contributed by atoms with Crippen LogP contribution >= 0.6 is 24.8 Å². The van der Waals surface area contributed by atoms with Gasteiger partial charge in [-0.2, -0.15) is 0 Å². The van der Waals surface area contributed by atoms with E-state index in [-0.39, 0.29) is 30.7 Å². The Morgan fingerprint density at radius 3 is 2.65 bits per heavy atom. The normalized spacial score (nSPS) is 14.8. The number of hydrogen-bond donors (Lipinski definition) is 1. The largest absolute Gasteiger partial charge is 0.336 e. The van der Waals surface area contributed by atoms with Gasteiger partial charge in [0.05, 0.1) is 5.56 Å². The molecule has 1 aromatic rings. The van der Waals surface area contributed by atoms with Crippen LogP contribution in [0.5, 0.6) is 0 Å². The molecule has 0 aliphatic carbocycles. The molecule has 0 bridgehead atoms. The number of nitrogens with zero attached hydrogens (tertiary/aromatic N) is 2. The molecule has 1 N–H and O–H groups in total. The number of nitrogens with one attached hydrogen (secondary N) is 1. The molecule has 0 unspecified atom stereocenters. The third-order valence-electron chi connectivity index (χ3n) is 3.38. The second-order valence-corrected chi connectivity index (χ2v) is 4.72. The summed E-state index contributed by atoms with van der Waals surface area (Å²) >= 11 is 0. The minimum atomic E-state index is 0. The average molecular weight is 320 g/mol. The van der Waals surface area contributed by atoms with E-state index >= 15 is 0 Å². The fourth-order valence-electron chi connectivity index (χ4n) is 2.46. The van der Waals surface area contributed by atoms with Gasteiger partial charge in [-0.05, 0) is 44.5 Å². The van der Waals surface area contributed by atoms with Crippen LogP contribution in [0, 0.1) is 0 Å². The zero-order valence-corrected chi connectivity index (χ0v) is 13.4. The lowest BCUT2D eigenvalue weighted by atomic mass is 10.0. The summed E-state index contributed by atoms with van der Waals surface area (Å²) in [4.78, 5) is 18.6. The quantitative estimate of drug-likeness (QED) is 0.927. The molecule has 2 rings (SSSR count). The molecule has 1 saturated heterocycles. The summed E-state index contributed by atoms with van der Waals surface area (Å²) in [5, 5.41) is 3.34. The van der Waals surface area contributed by atoms with Gasteiger partial charge < -0.3 is 10.2 Å². The van der Waals surface area contributed by atoms with Crippen molar-refractivity contribution in [2.75, 3.05) is 19.6 Å². The van der Waals surface area contributed by atoms with Crippen LogP contribution in [0.15, 0.2) is 24.5 Å². The van der Waals surface area contributed by atoms with Gasteiger partial charge in [-0.15, -0.1) is 24.8 Å². The van der Waals surface area contributed by atoms with Crippen LogP contribution in [0.1, 0.15) is 36.5 Å². The van der Waals surface area contributed by atoms with Crippen molar-refractivity contribution < 1.29 is 4.79 Å². The average Bonchev–Trinajstić information content (AvgIpc) is 2.46. The smallest absolute Gasteiger partial charge is 0.255 e. The van der Waals surface area contributed by atoms with Crippen LogP contribution < -0.4 is 5.32 Å². The number of pyridine rings is 1. The molecule has 0 spiro atoms. The molecule has 1 aliphatic rings. The lowest BCUT2D eigenvalue weighted by Crippen LogP contribution is -2.46. The van der Waals surface area contributed by atoms with Crippen molar-refractivity contribution >= 4 is 30.7 Å². The van der Waals surface area contributed by atoms with E-state index < -0.39 is 0 Å². The van der Waals surface area contributed by atoms with Crippen LogP contribution in [-0.2, 0) is 0 Å². The molecule has 0 aromatic carbocycles. The number of carbonyl (C=O) groups excluding carboxylic acids is 1. The van der Waals surface area contributed by atoms with E-state index in [1.165, 1.54) is 0 Å². The summed E-state index contributed by atoms with van der Waals surface area (Å²) in [6.45, 7) is 4.96. The first-order chi connectivity index (χ1) is 8.83. The van der Waals surface area contributed by atoms with Crippen molar-refractivity contribution in [1.82, 2.24) is 15.2 Å². The molecule has 1 aliphatic heterocycles. The summed E-state index contributed by atoms with van der Waals surface area (Å²) < 4.78 is 0. The standard InChI is InChI=1S/C14H21N3O.2ClH/c1-2-10-17(13-5-8-15-9-6-13)14(18)12-4-3-7-16-11-12;;/h3-4,7,11,13,15H,2,5-6,8-10H2,1H3;2*1H. The SMILES string of the molecule is CCCN(C(=O)c1cccnc1)C1CCNCC1.Cl.Cl. The highest BCUT2D eigenvalue weighted by Gasteiger charge is 2.25. The molecule has 4 nitrogen and oxygen atoms in total. The van der Waals surface area contributed by atoms with Crippen molar-refractivity contribution in [3.8, 4) is 0 Å². The zero-order chi connectivity index (χ0) is 12.8. The van der Waals surface area contributed by atoms with Crippen molar-refractivity contribution in [1.29, 1.82) is 0 Å². The number of amides is 1. The maximum absolute atomic E-state index is 12.5. The van der Waals surface area contributed by atoms with E-state index in [0.717, 1.165) is 38.9 Å².